The standard InChI is InChI=1S/C13H14N2O/c1-10(11-5-3-2-4-6-11)13(16)12-7-14-9-15-8-12/h2-10,13,16H,1H3. The second-order valence-electron chi connectivity index (χ2n) is 3.82. The molecule has 0 spiro atoms. The van der Waals surface area contributed by atoms with Gasteiger partial charge in [-0.25, -0.2) is 9.97 Å². The van der Waals surface area contributed by atoms with E-state index in [0.717, 1.165) is 11.1 Å². The van der Waals surface area contributed by atoms with Crippen LogP contribution in [0.5, 0.6) is 0 Å². The van der Waals surface area contributed by atoms with E-state index in [2.05, 4.69) is 9.97 Å². The van der Waals surface area contributed by atoms with Gasteiger partial charge in [0.25, 0.3) is 0 Å². The number of rotatable bonds is 3. The van der Waals surface area contributed by atoms with E-state index in [9.17, 15) is 5.11 Å². The van der Waals surface area contributed by atoms with Crippen LogP contribution in [0.15, 0.2) is 49.1 Å². The van der Waals surface area contributed by atoms with Crippen molar-refractivity contribution >= 4 is 0 Å². The third-order valence-corrected chi connectivity index (χ3v) is 2.72. The maximum Gasteiger partial charge on any atom is 0.115 e. The molecule has 2 rings (SSSR count). The van der Waals surface area contributed by atoms with Crippen LogP contribution in [-0.2, 0) is 0 Å². The zero-order chi connectivity index (χ0) is 11.4. The van der Waals surface area contributed by atoms with Gasteiger partial charge in [-0.05, 0) is 5.56 Å². The van der Waals surface area contributed by atoms with Crippen LogP contribution in [0.2, 0.25) is 0 Å². The van der Waals surface area contributed by atoms with Gasteiger partial charge in [0, 0.05) is 23.9 Å². The lowest BCUT2D eigenvalue weighted by Crippen LogP contribution is -2.08. The topological polar surface area (TPSA) is 46.0 Å². The summed E-state index contributed by atoms with van der Waals surface area (Å²) >= 11 is 0. The molecule has 82 valence electrons. The fourth-order valence-electron chi connectivity index (χ4n) is 1.69. The molecule has 3 heteroatoms. The van der Waals surface area contributed by atoms with Gasteiger partial charge in [0.2, 0.25) is 0 Å². The molecule has 1 N–H and O–H groups in total. The highest BCUT2D eigenvalue weighted by molar-refractivity contribution is 5.23. The second kappa shape index (κ2) is 4.86. The Morgan fingerprint density at radius 2 is 1.62 bits per heavy atom. The van der Waals surface area contributed by atoms with E-state index in [4.69, 9.17) is 0 Å². The maximum absolute atomic E-state index is 10.2. The van der Waals surface area contributed by atoms with Gasteiger partial charge >= 0.3 is 0 Å². The Morgan fingerprint density at radius 1 is 1.00 bits per heavy atom. The molecule has 0 fully saturated rings. The van der Waals surface area contributed by atoms with Gasteiger partial charge in [0.15, 0.2) is 0 Å². The molecular weight excluding hydrogens is 200 g/mol. The summed E-state index contributed by atoms with van der Waals surface area (Å²) in [4.78, 5) is 7.82. The molecule has 0 saturated heterocycles. The Kier molecular flexibility index (Phi) is 3.27. The van der Waals surface area contributed by atoms with Gasteiger partial charge in [-0.3, -0.25) is 0 Å². The van der Waals surface area contributed by atoms with Crippen molar-refractivity contribution in [2.24, 2.45) is 0 Å². The summed E-state index contributed by atoms with van der Waals surface area (Å²) in [5.41, 5.74) is 1.86. The van der Waals surface area contributed by atoms with Crippen molar-refractivity contribution in [1.82, 2.24) is 9.97 Å². The van der Waals surface area contributed by atoms with Crippen LogP contribution in [0.3, 0.4) is 0 Å². The first-order chi connectivity index (χ1) is 7.79. The van der Waals surface area contributed by atoms with Crippen molar-refractivity contribution in [2.75, 3.05) is 0 Å². The lowest BCUT2D eigenvalue weighted by molar-refractivity contribution is 0.151. The van der Waals surface area contributed by atoms with Gasteiger partial charge in [0.05, 0.1) is 6.10 Å². The van der Waals surface area contributed by atoms with E-state index in [1.807, 2.05) is 37.3 Å². The summed E-state index contributed by atoms with van der Waals surface area (Å²) in [6.45, 7) is 1.99. The summed E-state index contributed by atoms with van der Waals surface area (Å²) in [5, 5.41) is 10.2. The molecule has 16 heavy (non-hydrogen) atoms. The lowest BCUT2D eigenvalue weighted by Gasteiger charge is -2.18. The van der Waals surface area contributed by atoms with Gasteiger partial charge in [-0.2, -0.15) is 0 Å². The molecule has 1 aromatic heterocycles. The van der Waals surface area contributed by atoms with E-state index in [-0.39, 0.29) is 5.92 Å². The number of hydrogen-bond acceptors (Lipinski definition) is 3. The predicted molar refractivity (Wildman–Crippen MR) is 61.8 cm³/mol. The first kappa shape index (κ1) is 10.8. The number of aromatic nitrogens is 2. The molecule has 2 unspecified atom stereocenters. The summed E-state index contributed by atoms with van der Waals surface area (Å²) in [5.74, 6) is 0.0344. The Morgan fingerprint density at radius 3 is 2.25 bits per heavy atom. The zero-order valence-electron chi connectivity index (χ0n) is 9.12. The molecule has 0 aliphatic rings. The molecule has 1 heterocycles. The third-order valence-electron chi connectivity index (χ3n) is 2.72. The molecule has 0 aliphatic heterocycles. The molecule has 0 saturated carbocycles. The largest absolute Gasteiger partial charge is 0.388 e. The summed E-state index contributed by atoms with van der Waals surface area (Å²) < 4.78 is 0. The Hall–Kier alpha value is -1.74. The normalized spacial score (nSPS) is 14.4. The summed E-state index contributed by atoms with van der Waals surface area (Å²) in [6, 6.07) is 9.93. The van der Waals surface area contributed by atoms with Crippen LogP contribution >= 0.6 is 0 Å². The smallest absolute Gasteiger partial charge is 0.115 e. The number of aliphatic hydroxyl groups excluding tert-OH is 1. The molecule has 2 atom stereocenters. The molecule has 2 aromatic rings. The van der Waals surface area contributed by atoms with Crippen molar-refractivity contribution in [1.29, 1.82) is 0 Å². The number of aliphatic hydroxyl groups is 1. The molecule has 0 bridgehead atoms. The minimum Gasteiger partial charge on any atom is -0.388 e. The maximum atomic E-state index is 10.2. The molecule has 1 aromatic carbocycles. The summed E-state index contributed by atoms with van der Waals surface area (Å²) in [7, 11) is 0. The van der Waals surface area contributed by atoms with Crippen molar-refractivity contribution in [3.8, 4) is 0 Å². The second-order valence-corrected chi connectivity index (χ2v) is 3.82. The highest BCUT2D eigenvalue weighted by Gasteiger charge is 2.18. The lowest BCUT2D eigenvalue weighted by atomic mass is 9.92. The quantitative estimate of drug-likeness (QED) is 0.852. The van der Waals surface area contributed by atoms with Crippen molar-refractivity contribution in [2.45, 2.75) is 18.9 Å². The van der Waals surface area contributed by atoms with E-state index < -0.39 is 6.10 Å². The highest BCUT2D eigenvalue weighted by Crippen LogP contribution is 2.29. The minimum atomic E-state index is -0.566. The molecular formula is C13H14N2O. The molecule has 0 radical (unpaired) electrons. The average molecular weight is 214 g/mol. The van der Waals surface area contributed by atoms with Gasteiger partial charge in [-0.15, -0.1) is 0 Å². The van der Waals surface area contributed by atoms with Crippen LogP contribution < -0.4 is 0 Å². The Labute approximate surface area is 94.8 Å². The third kappa shape index (κ3) is 2.25. The summed E-state index contributed by atoms with van der Waals surface area (Å²) in [6.07, 6.45) is 4.20. The van der Waals surface area contributed by atoms with Crippen LogP contribution in [-0.4, -0.2) is 15.1 Å². The fourth-order valence-corrected chi connectivity index (χ4v) is 1.69. The monoisotopic (exact) mass is 214 g/mol. The Bertz CT molecular complexity index is 387. The van der Waals surface area contributed by atoms with Crippen LogP contribution in [0.25, 0.3) is 0 Å². The van der Waals surface area contributed by atoms with E-state index in [0.29, 0.717) is 0 Å². The van der Waals surface area contributed by atoms with Crippen molar-refractivity contribution in [3.05, 3.63) is 60.2 Å². The molecule has 0 amide bonds. The first-order valence-electron chi connectivity index (χ1n) is 5.27. The number of hydrogen-bond donors (Lipinski definition) is 1. The van der Waals surface area contributed by atoms with E-state index in [1.54, 1.807) is 12.4 Å². The molecule has 0 aliphatic carbocycles. The Balaban J connectivity index is 2.20. The van der Waals surface area contributed by atoms with Crippen molar-refractivity contribution in [3.63, 3.8) is 0 Å². The van der Waals surface area contributed by atoms with Crippen molar-refractivity contribution < 1.29 is 5.11 Å². The van der Waals surface area contributed by atoms with E-state index in [1.165, 1.54) is 6.33 Å². The average Bonchev–Trinajstić information content (AvgIpc) is 2.39. The minimum absolute atomic E-state index is 0.0344. The van der Waals surface area contributed by atoms with Crippen LogP contribution in [0.4, 0.5) is 0 Å². The SMILES string of the molecule is CC(c1ccccc1)C(O)c1cncnc1. The molecule has 3 nitrogen and oxygen atoms in total. The van der Waals surface area contributed by atoms with Crippen LogP contribution in [0.1, 0.15) is 30.1 Å². The number of nitrogens with zero attached hydrogens (tertiary/aromatic N) is 2. The number of benzene rings is 1. The predicted octanol–water partition coefficient (Wildman–Crippen LogP) is 2.31. The van der Waals surface area contributed by atoms with Gasteiger partial charge < -0.3 is 5.11 Å². The van der Waals surface area contributed by atoms with Gasteiger partial charge in [-0.1, -0.05) is 37.3 Å². The fraction of sp³-hybridized carbons (Fsp3) is 0.231. The first-order valence-corrected chi connectivity index (χ1v) is 5.27. The highest BCUT2D eigenvalue weighted by atomic mass is 16.3. The van der Waals surface area contributed by atoms with E-state index >= 15 is 0 Å². The van der Waals surface area contributed by atoms with Crippen LogP contribution in [0, 0.1) is 0 Å². The zero-order valence-corrected chi connectivity index (χ0v) is 9.12. The van der Waals surface area contributed by atoms with Gasteiger partial charge in [0.1, 0.15) is 6.33 Å².